The number of esters is 2. The molecule has 23 heavy (non-hydrogen) atoms. The van der Waals surface area contributed by atoms with Crippen LogP contribution in [0.15, 0.2) is 12.1 Å². The van der Waals surface area contributed by atoms with Crippen molar-refractivity contribution in [2.75, 3.05) is 13.2 Å². The van der Waals surface area contributed by atoms with Crippen LogP contribution in [0, 0.1) is 6.92 Å². The second kappa shape index (κ2) is 10.0. The van der Waals surface area contributed by atoms with Crippen LogP contribution in [0.1, 0.15) is 78.3 Å². The van der Waals surface area contributed by atoms with Gasteiger partial charge in [0.15, 0.2) is 0 Å². The van der Waals surface area contributed by atoms with Crippen LogP contribution >= 0.6 is 0 Å². The lowest BCUT2D eigenvalue weighted by Gasteiger charge is -2.13. The van der Waals surface area contributed by atoms with Crippen molar-refractivity contribution >= 4 is 11.9 Å². The summed E-state index contributed by atoms with van der Waals surface area (Å²) in [6.07, 6.45) is 4.33. The van der Waals surface area contributed by atoms with Crippen LogP contribution in [0.4, 0.5) is 0 Å². The van der Waals surface area contributed by atoms with Gasteiger partial charge in [0.2, 0.25) is 0 Å². The molecule has 0 N–H and O–H groups in total. The number of hydrogen-bond acceptors (Lipinski definition) is 4. The Morgan fingerprint density at radius 1 is 0.870 bits per heavy atom. The van der Waals surface area contributed by atoms with Crippen molar-refractivity contribution in [1.82, 2.24) is 0 Å². The Hall–Kier alpha value is -1.84. The molecule has 4 nitrogen and oxygen atoms in total. The maximum atomic E-state index is 12.3. The number of ether oxygens (including phenoxy) is 2. The molecular weight excluding hydrogens is 292 g/mol. The molecule has 1 rings (SSSR count). The zero-order chi connectivity index (χ0) is 17.2. The summed E-state index contributed by atoms with van der Waals surface area (Å²) in [5, 5.41) is 0. The smallest absolute Gasteiger partial charge is 0.339 e. The molecule has 4 heteroatoms. The third-order valence-corrected chi connectivity index (χ3v) is 3.76. The normalized spacial score (nSPS) is 10.4. The number of carbonyl (C=O) groups is 2. The summed E-state index contributed by atoms with van der Waals surface area (Å²) in [6.45, 7) is 8.76. The molecule has 0 saturated carbocycles. The Morgan fingerprint density at radius 3 is 1.78 bits per heavy atom. The molecule has 0 aliphatic heterocycles. The van der Waals surface area contributed by atoms with E-state index in [1.165, 1.54) is 0 Å². The molecule has 0 saturated heterocycles. The second-order valence-electron chi connectivity index (χ2n) is 5.66. The summed E-state index contributed by atoms with van der Waals surface area (Å²) in [6, 6.07) is 3.50. The minimum atomic E-state index is -0.452. The van der Waals surface area contributed by atoms with Gasteiger partial charge in [-0.2, -0.15) is 0 Å². The molecule has 0 atom stereocenters. The number of hydrogen-bond donors (Lipinski definition) is 0. The summed E-state index contributed by atoms with van der Waals surface area (Å²) in [4.78, 5) is 24.6. The SMILES string of the molecule is CCCCOC(=O)c1cc(C)c(CC)cc1C(=O)OCCCC. The van der Waals surface area contributed by atoms with Gasteiger partial charge in [0.1, 0.15) is 0 Å². The monoisotopic (exact) mass is 320 g/mol. The van der Waals surface area contributed by atoms with E-state index in [2.05, 4.69) is 0 Å². The molecule has 0 aliphatic carbocycles. The number of unbranched alkanes of at least 4 members (excludes halogenated alkanes) is 2. The van der Waals surface area contributed by atoms with Gasteiger partial charge >= 0.3 is 11.9 Å². The fraction of sp³-hybridized carbons (Fsp3) is 0.579. The molecule has 0 aromatic heterocycles. The molecule has 0 amide bonds. The molecular formula is C19H28O4. The van der Waals surface area contributed by atoms with Crippen molar-refractivity contribution < 1.29 is 19.1 Å². The van der Waals surface area contributed by atoms with Gasteiger partial charge in [0.05, 0.1) is 24.3 Å². The van der Waals surface area contributed by atoms with E-state index >= 15 is 0 Å². The standard InChI is InChI=1S/C19H28O4/c1-5-8-10-22-18(20)16-12-14(4)15(7-3)13-17(16)19(21)23-11-9-6-2/h12-13H,5-11H2,1-4H3. The maximum Gasteiger partial charge on any atom is 0.339 e. The van der Waals surface area contributed by atoms with Crippen LogP contribution < -0.4 is 0 Å². The Bertz CT molecular complexity index is 534. The molecule has 0 spiro atoms. The molecule has 1 aromatic rings. The van der Waals surface area contributed by atoms with E-state index in [0.29, 0.717) is 24.3 Å². The Kier molecular flexibility index (Phi) is 8.38. The summed E-state index contributed by atoms with van der Waals surface area (Å²) in [5.74, 6) is -0.901. The van der Waals surface area contributed by atoms with E-state index < -0.39 is 11.9 Å². The molecule has 0 radical (unpaired) electrons. The first kappa shape index (κ1) is 19.2. The first-order valence-corrected chi connectivity index (χ1v) is 8.52. The van der Waals surface area contributed by atoms with Gasteiger partial charge in [-0.25, -0.2) is 9.59 Å². The minimum absolute atomic E-state index is 0.303. The largest absolute Gasteiger partial charge is 0.462 e. The van der Waals surface area contributed by atoms with Gasteiger partial charge in [-0.3, -0.25) is 0 Å². The fourth-order valence-electron chi connectivity index (χ4n) is 2.25. The van der Waals surface area contributed by atoms with Crippen molar-refractivity contribution in [3.8, 4) is 0 Å². The molecule has 1 aromatic carbocycles. The minimum Gasteiger partial charge on any atom is -0.462 e. The van der Waals surface area contributed by atoms with Crippen LogP contribution in [0.2, 0.25) is 0 Å². The van der Waals surface area contributed by atoms with Gasteiger partial charge in [-0.1, -0.05) is 33.6 Å². The third-order valence-electron chi connectivity index (χ3n) is 3.76. The van der Waals surface area contributed by atoms with Crippen molar-refractivity contribution in [3.05, 3.63) is 34.4 Å². The number of rotatable bonds is 9. The van der Waals surface area contributed by atoms with Crippen molar-refractivity contribution in [1.29, 1.82) is 0 Å². The number of benzene rings is 1. The highest BCUT2D eigenvalue weighted by atomic mass is 16.5. The highest BCUT2D eigenvalue weighted by Crippen LogP contribution is 2.20. The zero-order valence-corrected chi connectivity index (χ0v) is 14.7. The first-order chi connectivity index (χ1) is 11.0. The molecule has 0 unspecified atom stereocenters. The van der Waals surface area contributed by atoms with E-state index in [1.807, 2.05) is 27.7 Å². The van der Waals surface area contributed by atoms with Crippen LogP contribution in [-0.2, 0) is 15.9 Å². The fourth-order valence-corrected chi connectivity index (χ4v) is 2.25. The van der Waals surface area contributed by atoms with Crippen LogP contribution in [0.25, 0.3) is 0 Å². The quantitative estimate of drug-likeness (QED) is 0.497. The van der Waals surface area contributed by atoms with Gasteiger partial charge in [-0.15, -0.1) is 0 Å². The number of aryl methyl sites for hydroxylation is 2. The van der Waals surface area contributed by atoms with Crippen molar-refractivity contribution in [2.24, 2.45) is 0 Å². The van der Waals surface area contributed by atoms with E-state index in [4.69, 9.17) is 9.47 Å². The lowest BCUT2D eigenvalue weighted by molar-refractivity contribution is 0.0452. The highest BCUT2D eigenvalue weighted by molar-refractivity contribution is 6.03. The zero-order valence-electron chi connectivity index (χ0n) is 14.7. The van der Waals surface area contributed by atoms with Crippen LogP contribution in [-0.4, -0.2) is 25.2 Å². The Morgan fingerprint density at radius 2 is 1.35 bits per heavy atom. The summed E-state index contributed by atoms with van der Waals surface area (Å²) in [7, 11) is 0. The molecule has 0 aliphatic rings. The van der Waals surface area contributed by atoms with Gasteiger partial charge < -0.3 is 9.47 Å². The van der Waals surface area contributed by atoms with Crippen LogP contribution in [0.3, 0.4) is 0 Å². The Labute approximate surface area is 139 Å². The van der Waals surface area contributed by atoms with Crippen LogP contribution in [0.5, 0.6) is 0 Å². The predicted octanol–water partition coefficient (Wildman–Crippen LogP) is 4.47. The summed E-state index contributed by atoms with van der Waals surface area (Å²) in [5.41, 5.74) is 2.64. The topological polar surface area (TPSA) is 52.6 Å². The lowest BCUT2D eigenvalue weighted by atomic mass is 9.97. The highest BCUT2D eigenvalue weighted by Gasteiger charge is 2.21. The maximum absolute atomic E-state index is 12.3. The predicted molar refractivity (Wildman–Crippen MR) is 90.9 cm³/mol. The van der Waals surface area contributed by atoms with Crippen molar-refractivity contribution in [3.63, 3.8) is 0 Å². The second-order valence-corrected chi connectivity index (χ2v) is 5.66. The van der Waals surface area contributed by atoms with E-state index in [9.17, 15) is 9.59 Å². The molecule has 0 fully saturated rings. The number of carbonyl (C=O) groups excluding carboxylic acids is 2. The summed E-state index contributed by atoms with van der Waals surface area (Å²) < 4.78 is 10.5. The Balaban J connectivity index is 3.03. The lowest BCUT2D eigenvalue weighted by Crippen LogP contribution is -2.16. The van der Waals surface area contributed by atoms with Gasteiger partial charge in [-0.05, 0) is 49.4 Å². The molecule has 128 valence electrons. The first-order valence-electron chi connectivity index (χ1n) is 8.52. The average Bonchev–Trinajstić information content (AvgIpc) is 2.54. The average molecular weight is 320 g/mol. The van der Waals surface area contributed by atoms with E-state index in [1.54, 1.807) is 12.1 Å². The molecule has 0 bridgehead atoms. The van der Waals surface area contributed by atoms with Gasteiger partial charge in [0.25, 0.3) is 0 Å². The van der Waals surface area contributed by atoms with Gasteiger partial charge in [0, 0.05) is 0 Å². The third kappa shape index (κ3) is 5.70. The summed E-state index contributed by atoms with van der Waals surface area (Å²) >= 11 is 0. The van der Waals surface area contributed by atoms with E-state index in [0.717, 1.165) is 43.2 Å². The molecule has 0 heterocycles. The van der Waals surface area contributed by atoms with Crippen molar-refractivity contribution in [2.45, 2.75) is 59.8 Å². The van der Waals surface area contributed by atoms with E-state index in [-0.39, 0.29) is 0 Å².